The van der Waals surface area contributed by atoms with Crippen LogP contribution in [0.25, 0.3) is 0 Å². The lowest BCUT2D eigenvalue weighted by Gasteiger charge is -2.21. The van der Waals surface area contributed by atoms with Crippen molar-refractivity contribution in [3.63, 3.8) is 0 Å². The second-order valence-electron chi connectivity index (χ2n) is 6.58. The first-order valence-corrected chi connectivity index (χ1v) is 8.75. The van der Waals surface area contributed by atoms with Crippen molar-refractivity contribution in [3.8, 4) is 0 Å². The third-order valence-corrected chi connectivity index (χ3v) is 4.74. The first-order valence-electron chi connectivity index (χ1n) is 8.75. The van der Waals surface area contributed by atoms with Crippen LogP contribution in [0.5, 0.6) is 0 Å². The van der Waals surface area contributed by atoms with Crippen LogP contribution in [0, 0.1) is 5.82 Å². The summed E-state index contributed by atoms with van der Waals surface area (Å²) in [6.07, 6.45) is 4.67. The van der Waals surface area contributed by atoms with Gasteiger partial charge in [-0.25, -0.2) is 9.37 Å². The Kier molecular flexibility index (Phi) is 4.61. The lowest BCUT2D eigenvalue weighted by atomic mass is 10.1. The van der Waals surface area contributed by atoms with Crippen LogP contribution in [0.3, 0.4) is 0 Å². The highest BCUT2D eigenvalue weighted by Crippen LogP contribution is 2.33. The summed E-state index contributed by atoms with van der Waals surface area (Å²) in [5, 5.41) is 0. The van der Waals surface area contributed by atoms with Gasteiger partial charge in [-0.2, -0.15) is 0 Å². The van der Waals surface area contributed by atoms with E-state index in [1.807, 2.05) is 6.07 Å². The van der Waals surface area contributed by atoms with Gasteiger partial charge in [0.25, 0.3) is 0 Å². The first kappa shape index (κ1) is 16.0. The van der Waals surface area contributed by atoms with Gasteiger partial charge in [0.1, 0.15) is 11.6 Å². The van der Waals surface area contributed by atoms with Crippen molar-refractivity contribution in [2.24, 2.45) is 0 Å². The minimum atomic E-state index is -0.218. The van der Waals surface area contributed by atoms with Gasteiger partial charge >= 0.3 is 0 Å². The number of rotatable bonds is 5. The molecular formula is C21H21FN2O. The van der Waals surface area contributed by atoms with E-state index < -0.39 is 0 Å². The molecule has 128 valence electrons. The number of hydrogen-bond donors (Lipinski definition) is 0. The summed E-state index contributed by atoms with van der Waals surface area (Å²) in [6.45, 7) is 1.98. The van der Waals surface area contributed by atoms with Gasteiger partial charge in [0.05, 0.1) is 12.2 Å². The molecular weight excluding hydrogens is 315 g/mol. The molecule has 0 spiro atoms. The zero-order chi connectivity index (χ0) is 17.1. The van der Waals surface area contributed by atoms with E-state index >= 15 is 0 Å². The van der Waals surface area contributed by atoms with Crippen LogP contribution in [0.15, 0.2) is 65.2 Å². The van der Waals surface area contributed by atoms with E-state index in [-0.39, 0.29) is 11.9 Å². The fourth-order valence-electron chi connectivity index (χ4n) is 3.47. The number of benzene rings is 2. The van der Waals surface area contributed by atoms with Crippen LogP contribution in [0.4, 0.5) is 4.39 Å². The molecule has 2 heterocycles. The molecule has 3 aromatic rings. The van der Waals surface area contributed by atoms with Crippen LogP contribution < -0.4 is 0 Å². The van der Waals surface area contributed by atoms with E-state index in [4.69, 9.17) is 4.42 Å². The minimum absolute atomic E-state index is 0.218. The molecule has 1 unspecified atom stereocenters. The molecule has 25 heavy (non-hydrogen) atoms. The van der Waals surface area contributed by atoms with Gasteiger partial charge < -0.3 is 4.42 Å². The second kappa shape index (κ2) is 7.19. The molecule has 1 atom stereocenters. The molecule has 0 aliphatic carbocycles. The molecule has 4 rings (SSSR count). The number of oxazole rings is 1. The van der Waals surface area contributed by atoms with Gasteiger partial charge in [-0.3, -0.25) is 4.90 Å². The Morgan fingerprint density at radius 2 is 1.84 bits per heavy atom. The average molecular weight is 336 g/mol. The topological polar surface area (TPSA) is 29.3 Å². The SMILES string of the molecule is Fc1ccc(Cc2cnc(C3CCCN3Cc3ccccc3)o2)cc1. The highest BCUT2D eigenvalue weighted by molar-refractivity contribution is 5.21. The van der Waals surface area contributed by atoms with Crippen molar-refractivity contribution >= 4 is 0 Å². The third kappa shape index (κ3) is 3.80. The molecule has 1 aromatic heterocycles. The molecule has 2 aromatic carbocycles. The van der Waals surface area contributed by atoms with Gasteiger partial charge in [0, 0.05) is 13.0 Å². The molecule has 1 aliphatic heterocycles. The summed E-state index contributed by atoms with van der Waals surface area (Å²) in [6, 6.07) is 17.3. The smallest absolute Gasteiger partial charge is 0.211 e. The van der Waals surface area contributed by atoms with Crippen molar-refractivity contribution in [1.29, 1.82) is 0 Å². The van der Waals surface area contributed by atoms with Gasteiger partial charge in [0.2, 0.25) is 5.89 Å². The van der Waals surface area contributed by atoms with Crippen molar-refractivity contribution in [2.45, 2.75) is 31.8 Å². The molecule has 0 saturated carbocycles. The molecule has 3 nitrogen and oxygen atoms in total. The van der Waals surface area contributed by atoms with Crippen molar-refractivity contribution in [3.05, 3.63) is 89.4 Å². The third-order valence-electron chi connectivity index (χ3n) is 4.74. The maximum atomic E-state index is 13.0. The Bertz CT molecular complexity index is 813. The van der Waals surface area contributed by atoms with Crippen LogP contribution in [0.2, 0.25) is 0 Å². The summed E-state index contributed by atoms with van der Waals surface area (Å²) >= 11 is 0. The molecule has 0 N–H and O–H groups in total. The van der Waals surface area contributed by atoms with Crippen LogP contribution in [-0.2, 0) is 13.0 Å². The highest BCUT2D eigenvalue weighted by atomic mass is 19.1. The quantitative estimate of drug-likeness (QED) is 0.674. The Labute approximate surface area is 147 Å². The van der Waals surface area contributed by atoms with Crippen LogP contribution in [-0.4, -0.2) is 16.4 Å². The Balaban J connectivity index is 1.46. The Hall–Kier alpha value is -2.46. The second-order valence-corrected chi connectivity index (χ2v) is 6.58. The summed E-state index contributed by atoms with van der Waals surface area (Å²) < 4.78 is 19.0. The summed E-state index contributed by atoms with van der Waals surface area (Å²) in [4.78, 5) is 6.95. The number of nitrogens with zero attached hydrogens (tertiary/aromatic N) is 2. The van der Waals surface area contributed by atoms with E-state index in [0.29, 0.717) is 6.42 Å². The maximum absolute atomic E-state index is 13.0. The maximum Gasteiger partial charge on any atom is 0.211 e. The Morgan fingerprint density at radius 3 is 2.64 bits per heavy atom. The van der Waals surface area contributed by atoms with E-state index in [1.54, 1.807) is 18.3 Å². The molecule has 0 radical (unpaired) electrons. The predicted molar refractivity (Wildman–Crippen MR) is 94.5 cm³/mol. The molecule has 4 heteroatoms. The van der Waals surface area contributed by atoms with Crippen molar-refractivity contribution in [1.82, 2.24) is 9.88 Å². The number of aromatic nitrogens is 1. The average Bonchev–Trinajstić information content (AvgIpc) is 3.27. The van der Waals surface area contributed by atoms with Gasteiger partial charge in [-0.05, 0) is 42.6 Å². The van der Waals surface area contributed by atoms with E-state index in [2.05, 4.69) is 34.1 Å². The number of halogens is 1. The lowest BCUT2D eigenvalue weighted by molar-refractivity contribution is 0.212. The summed E-state index contributed by atoms with van der Waals surface area (Å²) in [7, 11) is 0. The monoisotopic (exact) mass is 336 g/mol. The summed E-state index contributed by atoms with van der Waals surface area (Å²) in [5.74, 6) is 1.41. The first-order chi connectivity index (χ1) is 12.3. The predicted octanol–water partition coefficient (Wildman–Crippen LogP) is 4.74. The van der Waals surface area contributed by atoms with Gasteiger partial charge in [0.15, 0.2) is 0 Å². The summed E-state index contributed by atoms with van der Waals surface area (Å²) in [5.41, 5.74) is 2.34. The molecule has 1 aliphatic rings. The van der Waals surface area contributed by atoms with Crippen LogP contribution >= 0.6 is 0 Å². The minimum Gasteiger partial charge on any atom is -0.444 e. The van der Waals surface area contributed by atoms with E-state index in [1.165, 1.54) is 17.7 Å². The zero-order valence-corrected chi connectivity index (χ0v) is 14.1. The fraction of sp³-hybridized carbons (Fsp3) is 0.286. The van der Waals surface area contributed by atoms with E-state index in [9.17, 15) is 4.39 Å². The molecule has 0 bridgehead atoms. The zero-order valence-electron chi connectivity index (χ0n) is 14.1. The van der Waals surface area contributed by atoms with Gasteiger partial charge in [-0.1, -0.05) is 42.5 Å². The van der Waals surface area contributed by atoms with Crippen molar-refractivity contribution < 1.29 is 8.81 Å². The fourth-order valence-corrected chi connectivity index (χ4v) is 3.47. The molecule has 1 saturated heterocycles. The van der Waals surface area contributed by atoms with Crippen LogP contribution in [0.1, 0.15) is 41.7 Å². The number of hydrogen-bond acceptors (Lipinski definition) is 3. The standard InChI is InChI=1S/C21H21FN2O/c22-18-10-8-16(9-11-18)13-19-14-23-21(25-19)20-7-4-12-24(20)15-17-5-2-1-3-6-17/h1-3,5-6,8-11,14,20H,4,7,12-13,15H2. The van der Waals surface area contributed by atoms with E-state index in [0.717, 1.165) is 43.1 Å². The largest absolute Gasteiger partial charge is 0.444 e. The van der Waals surface area contributed by atoms with Gasteiger partial charge in [-0.15, -0.1) is 0 Å². The van der Waals surface area contributed by atoms with Crippen molar-refractivity contribution in [2.75, 3.05) is 6.54 Å². The highest BCUT2D eigenvalue weighted by Gasteiger charge is 2.29. The normalized spacial score (nSPS) is 17.9. The molecule has 0 amide bonds. The molecule has 1 fully saturated rings. The Morgan fingerprint density at radius 1 is 1.04 bits per heavy atom. The lowest BCUT2D eigenvalue weighted by Crippen LogP contribution is -2.22. The number of likely N-dealkylation sites (tertiary alicyclic amines) is 1.